The monoisotopic (exact) mass is 288 g/mol. The molecular formula is C14H13BrN2. The van der Waals surface area contributed by atoms with Gasteiger partial charge in [-0.3, -0.25) is 0 Å². The molecule has 0 amide bonds. The first-order valence-electron chi connectivity index (χ1n) is 5.96. The number of aromatic amines is 1. The van der Waals surface area contributed by atoms with E-state index in [4.69, 9.17) is 5.26 Å². The average Bonchev–Trinajstić information content (AvgIpc) is 2.68. The number of halogens is 1. The largest absolute Gasteiger partial charge is 0.358 e. The van der Waals surface area contributed by atoms with E-state index >= 15 is 0 Å². The van der Waals surface area contributed by atoms with Gasteiger partial charge in [0.05, 0.1) is 6.07 Å². The molecule has 0 spiro atoms. The summed E-state index contributed by atoms with van der Waals surface area (Å²) in [5.74, 6) is 0.409. The molecule has 3 rings (SSSR count). The molecule has 2 nitrogen and oxygen atoms in total. The molecule has 17 heavy (non-hydrogen) atoms. The summed E-state index contributed by atoms with van der Waals surface area (Å²) in [6.45, 7) is 0. The minimum absolute atomic E-state index is 0.409. The number of nitriles is 1. The maximum Gasteiger partial charge on any atom is 0.0628 e. The van der Waals surface area contributed by atoms with Crippen molar-refractivity contribution in [1.29, 1.82) is 5.26 Å². The van der Waals surface area contributed by atoms with E-state index in [1.807, 2.05) is 0 Å². The lowest BCUT2D eigenvalue weighted by atomic mass is 9.83. The van der Waals surface area contributed by atoms with Crippen LogP contribution in [0.5, 0.6) is 0 Å². The van der Waals surface area contributed by atoms with Crippen molar-refractivity contribution < 1.29 is 0 Å². The molecule has 1 aliphatic rings. The van der Waals surface area contributed by atoms with Gasteiger partial charge in [0.25, 0.3) is 0 Å². The third kappa shape index (κ3) is 1.77. The third-order valence-electron chi connectivity index (χ3n) is 3.61. The zero-order valence-corrected chi connectivity index (χ0v) is 11.0. The summed E-state index contributed by atoms with van der Waals surface area (Å²) < 4.78 is 1.10. The molecule has 0 fully saturated rings. The highest BCUT2D eigenvalue weighted by atomic mass is 79.9. The van der Waals surface area contributed by atoms with E-state index in [2.05, 4.69) is 45.2 Å². The van der Waals surface area contributed by atoms with Crippen LogP contribution in [0.1, 0.15) is 36.4 Å². The number of H-pyrrole nitrogens is 1. The van der Waals surface area contributed by atoms with Crippen molar-refractivity contribution in [2.45, 2.75) is 31.6 Å². The number of aryl methyl sites for hydroxylation is 1. The smallest absolute Gasteiger partial charge is 0.0628 e. The van der Waals surface area contributed by atoms with E-state index < -0.39 is 0 Å². The normalized spacial score (nSPS) is 18.9. The molecule has 1 aromatic heterocycles. The van der Waals surface area contributed by atoms with E-state index in [1.54, 1.807) is 0 Å². The Labute approximate surface area is 109 Å². The molecule has 0 saturated heterocycles. The van der Waals surface area contributed by atoms with Crippen LogP contribution in [0.25, 0.3) is 10.9 Å². The van der Waals surface area contributed by atoms with E-state index in [0.717, 1.165) is 17.3 Å². The molecule has 0 bridgehead atoms. The first-order valence-corrected chi connectivity index (χ1v) is 6.76. The third-order valence-corrected chi connectivity index (χ3v) is 4.10. The second kappa shape index (κ2) is 4.19. The number of hydrogen-bond acceptors (Lipinski definition) is 1. The van der Waals surface area contributed by atoms with E-state index in [-0.39, 0.29) is 0 Å². The number of rotatable bonds is 1. The van der Waals surface area contributed by atoms with Crippen molar-refractivity contribution in [2.24, 2.45) is 0 Å². The summed E-state index contributed by atoms with van der Waals surface area (Å²) in [5, 5.41) is 10.2. The van der Waals surface area contributed by atoms with Crippen LogP contribution in [0.15, 0.2) is 22.7 Å². The van der Waals surface area contributed by atoms with Crippen LogP contribution in [-0.4, -0.2) is 4.98 Å². The topological polar surface area (TPSA) is 39.6 Å². The van der Waals surface area contributed by atoms with Crippen LogP contribution < -0.4 is 0 Å². The first-order chi connectivity index (χ1) is 8.29. The van der Waals surface area contributed by atoms with Gasteiger partial charge in [-0.05, 0) is 48.9 Å². The molecule has 2 aromatic rings. The Balaban J connectivity index is 2.22. The predicted molar refractivity (Wildman–Crippen MR) is 71.9 cm³/mol. The predicted octanol–water partition coefficient (Wildman–Crippen LogP) is 4.26. The van der Waals surface area contributed by atoms with Crippen LogP contribution in [0.2, 0.25) is 0 Å². The van der Waals surface area contributed by atoms with Gasteiger partial charge < -0.3 is 4.98 Å². The fourth-order valence-electron chi connectivity index (χ4n) is 2.89. The maximum atomic E-state index is 8.94. The lowest BCUT2D eigenvalue weighted by molar-refractivity contribution is 0.561. The van der Waals surface area contributed by atoms with E-state index in [1.165, 1.54) is 28.6 Å². The Morgan fingerprint density at radius 2 is 2.35 bits per heavy atom. The Morgan fingerprint density at radius 3 is 3.18 bits per heavy atom. The van der Waals surface area contributed by atoms with Crippen molar-refractivity contribution in [2.75, 3.05) is 0 Å². The Kier molecular flexibility index (Phi) is 2.68. The van der Waals surface area contributed by atoms with Crippen molar-refractivity contribution in [3.05, 3.63) is 33.9 Å². The van der Waals surface area contributed by atoms with Crippen LogP contribution in [0, 0.1) is 11.3 Å². The van der Waals surface area contributed by atoms with Crippen LogP contribution in [-0.2, 0) is 6.42 Å². The molecule has 86 valence electrons. The standard InChI is InChI=1S/C14H13BrN2/c15-10-4-5-12-11(8-10)14-9(6-7-16)2-1-3-13(14)17-12/h4-5,8-9,17H,1-3,6H2. The Morgan fingerprint density at radius 1 is 1.47 bits per heavy atom. The van der Waals surface area contributed by atoms with Gasteiger partial charge in [-0.1, -0.05) is 15.9 Å². The van der Waals surface area contributed by atoms with Crippen LogP contribution in [0.3, 0.4) is 0 Å². The molecule has 0 aliphatic heterocycles. The van der Waals surface area contributed by atoms with Crippen molar-refractivity contribution >= 4 is 26.8 Å². The van der Waals surface area contributed by atoms with Crippen molar-refractivity contribution in [1.82, 2.24) is 4.98 Å². The van der Waals surface area contributed by atoms with Gasteiger partial charge in [0.2, 0.25) is 0 Å². The second-order valence-corrected chi connectivity index (χ2v) is 5.57. The molecule has 1 aromatic carbocycles. The number of nitrogens with one attached hydrogen (secondary N) is 1. The van der Waals surface area contributed by atoms with Crippen molar-refractivity contribution in [3.63, 3.8) is 0 Å². The number of nitrogens with zero attached hydrogens (tertiary/aromatic N) is 1. The quantitative estimate of drug-likeness (QED) is 0.837. The lowest BCUT2D eigenvalue weighted by Gasteiger charge is -2.20. The number of fused-ring (bicyclic) bond motifs is 3. The highest BCUT2D eigenvalue weighted by molar-refractivity contribution is 9.10. The fourth-order valence-corrected chi connectivity index (χ4v) is 3.25. The van der Waals surface area contributed by atoms with Gasteiger partial charge in [0, 0.05) is 27.5 Å². The minimum atomic E-state index is 0.409. The van der Waals surface area contributed by atoms with E-state index in [9.17, 15) is 0 Å². The zero-order chi connectivity index (χ0) is 11.8. The average molecular weight is 289 g/mol. The van der Waals surface area contributed by atoms with Crippen molar-refractivity contribution in [3.8, 4) is 6.07 Å². The number of benzene rings is 1. The van der Waals surface area contributed by atoms with Gasteiger partial charge in [0.15, 0.2) is 0 Å². The molecule has 0 radical (unpaired) electrons. The number of aromatic nitrogens is 1. The van der Waals surface area contributed by atoms with Gasteiger partial charge in [-0.25, -0.2) is 0 Å². The number of hydrogen-bond donors (Lipinski definition) is 1. The Bertz CT molecular complexity index is 606. The molecular weight excluding hydrogens is 276 g/mol. The minimum Gasteiger partial charge on any atom is -0.358 e. The second-order valence-electron chi connectivity index (χ2n) is 4.66. The zero-order valence-electron chi connectivity index (χ0n) is 9.46. The molecule has 3 heteroatoms. The molecule has 0 saturated carbocycles. The molecule has 1 aliphatic carbocycles. The summed E-state index contributed by atoms with van der Waals surface area (Å²) in [4.78, 5) is 3.50. The SMILES string of the molecule is N#CCC1CCCc2[nH]c3ccc(Br)cc3c21. The summed E-state index contributed by atoms with van der Waals surface area (Å²) >= 11 is 3.52. The highest BCUT2D eigenvalue weighted by Crippen LogP contribution is 2.39. The fraction of sp³-hybridized carbons (Fsp3) is 0.357. The molecule has 1 heterocycles. The summed E-state index contributed by atoms with van der Waals surface area (Å²) in [5.41, 5.74) is 3.92. The molecule has 1 atom stereocenters. The van der Waals surface area contributed by atoms with Crippen LogP contribution in [0.4, 0.5) is 0 Å². The summed E-state index contributed by atoms with van der Waals surface area (Å²) in [6.07, 6.45) is 4.07. The molecule has 1 N–H and O–H groups in total. The highest BCUT2D eigenvalue weighted by Gasteiger charge is 2.24. The maximum absolute atomic E-state index is 8.94. The lowest BCUT2D eigenvalue weighted by Crippen LogP contribution is -2.08. The van der Waals surface area contributed by atoms with Gasteiger partial charge in [-0.2, -0.15) is 5.26 Å². The summed E-state index contributed by atoms with van der Waals surface area (Å²) in [7, 11) is 0. The Hall–Kier alpha value is -1.27. The molecule has 1 unspecified atom stereocenters. The van der Waals surface area contributed by atoms with Gasteiger partial charge in [0.1, 0.15) is 0 Å². The van der Waals surface area contributed by atoms with Gasteiger partial charge >= 0.3 is 0 Å². The first kappa shape index (κ1) is 10.9. The summed E-state index contributed by atoms with van der Waals surface area (Å²) in [6, 6.07) is 8.66. The van der Waals surface area contributed by atoms with Crippen LogP contribution >= 0.6 is 15.9 Å². The van der Waals surface area contributed by atoms with E-state index in [0.29, 0.717) is 12.3 Å². The van der Waals surface area contributed by atoms with Gasteiger partial charge in [-0.15, -0.1) is 0 Å².